The Balaban J connectivity index is 2.18. The van der Waals surface area contributed by atoms with Crippen molar-refractivity contribution in [2.45, 2.75) is 58.4 Å². The summed E-state index contributed by atoms with van der Waals surface area (Å²) < 4.78 is 10.7. The van der Waals surface area contributed by atoms with Crippen molar-refractivity contribution in [2.24, 2.45) is 11.8 Å². The van der Waals surface area contributed by atoms with E-state index in [0.29, 0.717) is 0 Å². The molecule has 0 radical (unpaired) electrons. The zero-order valence-electron chi connectivity index (χ0n) is 13.1. The van der Waals surface area contributed by atoms with Crippen LogP contribution in [0.4, 0.5) is 0 Å². The number of methoxy groups -OCH3 is 1. The van der Waals surface area contributed by atoms with Crippen molar-refractivity contribution < 1.29 is 9.47 Å². The van der Waals surface area contributed by atoms with E-state index in [1.54, 1.807) is 7.11 Å². The summed E-state index contributed by atoms with van der Waals surface area (Å²) in [6.07, 6.45) is 7.53. The Morgan fingerprint density at radius 3 is 2.74 bits per heavy atom. The van der Waals surface area contributed by atoms with Crippen molar-refractivity contribution in [3.05, 3.63) is 0 Å². The molecule has 3 unspecified atom stereocenters. The molecular formula is C16H33NO2. The SMILES string of the molecule is CCCNC1CCC(C)CC1CCOCCCOC. The van der Waals surface area contributed by atoms with E-state index < -0.39 is 0 Å². The summed E-state index contributed by atoms with van der Waals surface area (Å²) in [5.74, 6) is 1.69. The van der Waals surface area contributed by atoms with Crippen LogP contribution in [0.5, 0.6) is 0 Å². The first-order valence-electron chi connectivity index (χ1n) is 8.08. The minimum Gasteiger partial charge on any atom is -0.385 e. The van der Waals surface area contributed by atoms with Crippen LogP contribution >= 0.6 is 0 Å². The van der Waals surface area contributed by atoms with E-state index in [-0.39, 0.29) is 0 Å². The lowest BCUT2D eigenvalue weighted by atomic mass is 9.77. The lowest BCUT2D eigenvalue weighted by molar-refractivity contribution is 0.0804. The van der Waals surface area contributed by atoms with E-state index in [1.807, 2.05) is 0 Å². The molecule has 3 nitrogen and oxygen atoms in total. The Morgan fingerprint density at radius 2 is 2.00 bits per heavy atom. The second-order valence-corrected chi connectivity index (χ2v) is 5.99. The molecule has 1 aliphatic rings. The van der Waals surface area contributed by atoms with E-state index in [0.717, 1.165) is 50.7 Å². The summed E-state index contributed by atoms with van der Waals surface area (Å²) in [6.45, 7) is 8.34. The molecule has 1 rings (SSSR count). The van der Waals surface area contributed by atoms with Crippen LogP contribution in [0.3, 0.4) is 0 Å². The van der Waals surface area contributed by atoms with Gasteiger partial charge in [-0.25, -0.2) is 0 Å². The largest absolute Gasteiger partial charge is 0.385 e. The van der Waals surface area contributed by atoms with Gasteiger partial charge in [-0.3, -0.25) is 0 Å². The first-order chi connectivity index (χ1) is 9.27. The van der Waals surface area contributed by atoms with Gasteiger partial charge in [0.15, 0.2) is 0 Å². The summed E-state index contributed by atoms with van der Waals surface area (Å²) in [5, 5.41) is 3.73. The smallest absolute Gasteiger partial charge is 0.0487 e. The Hall–Kier alpha value is -0.120. The molecular weight excluding hydrogens is 238 g/mol. The summed E-state index contributed by atoms with van der Waals surface area (Å²) in [7, 11) is 1.74. The third-order valence-electron chi connectivity index (χ3n) is 4.17. The fraction of sp³-hybridized carbons (Fsp3) is 1.00. The maximum Gasteiger partial charge on any atom is 0.0487 e. The second kappa shape index (κ2) is 10.6. The topological polar surface area (TPSA) is 30.5 Å². The Labute approximate surface area is 119 Å². The predicted octanol–water partition coefficient (Wildman–Crippen LogP) is 3.23. The highest BCUT2D eigenvalue weighted by Gasteiger charge is 2.27. The Kier molecular flexibility index (Phi) is 9.48. The van der Waals surface area contributed by atoms with Crippen LogP contribution in [0.25, 0.3) is 0 Å². The summed E-state index contributed by atoms with van der Waals surface area (Å²) in [5.41, 5.74) is 0. The molecule has 0 spiro atoms. The van der Waals surface area contributed by atoms with Crippen LogP contribution in [0.15, 0.2) is 0 Å². The van der Waals surface area contributed by atoms with Gasteiger partial charge in [0.1, 0.15) is 0 Å². The van der Waals surface area contributed by atoms with Gasteiger partial charge in [0.05, 0.1) is 0 Å². The quantitative estimate of drug-likeness (QED) is 0.619. The molecule has 0 aromatic rings. The minimum absolute atomic E-state index is 0.721. The lowest BCUT2D eigenvalue weighted by Crippen LogP contribution is -2.41. The third-order valence-corrected chi connectivity index (χ3v) is 4.17. The standard InChI is InChI=1S/C16H33NO2/c1-4-9-17-16-7-6-14(2)13-15(16)8-12-19-11-5-10-18-3/h14-17H,4-13H2,1-3H3. The molecule has 0 saturated heterocycles. The molecule has 0 amide bonds. The van der Waals surface area contributed by atoms with Crippen LogP contribution in [-0.2, 0) is 9.47 Å². The molecule has 1 N–H and O–H groups in total. The maximum atomic E-state index is 5.72. The third kappa shape index (κ3) is 7.28. The van der Waals surface area contributed by atoms with Crippen LogP contribution < -0.4 is 5.32 Å². The fourth-order valence-electron chi connectivity index (χ4n) is 3.06. The summed E-state index contributed by atoms with van der Waals surface area (Å²) in [6, 6.07) is 0.721. The molecule has 0 aromatic carbocycles. The molecule has 1 saturated carbocycles. The first-order valence-corrected chi connectivity index (χ1v) is 8.08. The summed E-state index contributed by atoms with van der Waals surface area (Å²) >= 11 is 0. The molecule has 19 heavy (non-hydrogen) atoms. The van der Waals surface area contributed by atoms with Crippen molar-refractivity contribution in [1.82, 2.24) is 5.32 Å². The van der Waals surface area contributed by atoms with Crippen molar-refractivity contribution >= 4 is 0 Å². The van der Waals surface area contributed by atoms with Gasteiger partial charge in [0.2, 0.25) is 0 Å². The maximum absolute atomic E-state index is 5.72. The predicted molar refractivity (Wildman–Crippen MR) is 80.5 cm³/mol. The molecule has 3 heteroatoms. The molecule has 1 aliphatic carbocycles. The average Bonchev–Trinajstić information content (AvgIpc) is 2.42. The number of hydrogen-bond acceptors (Lipinski definition) is 3. The van der Waals surface area contributed by atoms with E-state index in [4.69, 9.17) is 9.47 Å². The van der Waals surface area contributed by atoms with Gasteiger partial charge in [-0.2, -0.15) is 0 Å². The number of ether oxygens (including phenoxy) is 2. The summed E-state index contributed by atoms with van der Waals surface area (Å²) in [4.78, 5) is 0. The van der Waals surface area contributed by atoms with Crippen LogP contribution in [0, 0.1) is 11.8 Å². The van der Waals surface area contributed by atoms with E-state index in [1.165, 1.54) is 32.1 Å². The molecule has 0 aromatic heterocycles. The van der Waals surface area contributed by atoms with Crippen molar-refractivity contribution in [3.8, 4) is 0 Å². The van der Waals surface area contributed by atoms with Crippen molar-refractivity contribution in [2.75, 3.05) is 33.5 Å². The van der Waals surface area contributed by atoms with Gasteiger partial charge in [-0.05, 0) is 56.9 Å². The minimum atomic E-state index is 0.721. The number of rotatable bonds is 10. The average molecular weight is 271 g/mol. The van der Waals surface area contributed by atoms with Gasteiger partial charge in [0, 0.05) is 33.0 Å². The van der Waals surface area contributed by atoms with Crippen molar-refractivity contribution in [3.63, 3.8) is 0 Å². The molecule has 0 bridgehead atoms. The number of hydrogen-bond donors (Lipinski definition) is 1. The van der Waals surface area contributed by atoms with Gasteiger partial charge >= 0.3 is 0 Å². The fourth-order valence-corrected chi connectivity index (χ4v) is 3.06. The zero-order valence-corrected chi connectivity index (χ0v) is 13.1. The van der Waals surface area contributed by atoms with Crippen LogP contribution in [0.2, 0.25) is 0 Å². The van der Waals surface area contributed by atoms with Gasteiger partial charge in [-0.15, -0.1) is 0 Å². The van der Waals surface area contributed by atoms with E-state index in [9.17, 15) is 0 Å². The molecule has 1 fully saturated rings. The van der Waals surface area contributed by atoms with Gasteiger partial charge < -0.3 is 14.8 Å². The van der Waals surface area contributed by atoms with Crippen molar-refractivity contribution in [1.29, 1.82) is 0 Å². The highest BCUT2D eigenvalue weighted by atomic mass is 16.5. The molecule has 0 aliphatic heterocycles. The lowest BCUT2D eigenvalue weighted by Gasteiger charge is -2.35. The van der Waals surface area contributed by atoms with E-state index >= 15 is 0 Å². The first kappa shape index (κ1) is 16.9. The van der Waals surface area contributed by atoms with Crippen LogP contribution in [-0.4, -0.2) is 39.5 Å². The highest BCUT2D eigenvalue weighted by molar-refractivity contribution is 4.83. The number of nitrogens with one attached hydrogen (secondary N) is 1. The van der Waals surface area contributed by atoms with Gasteiger partial charge in [-0.1, -0.05) is 13.8 Å². The second-order valence-electron chi connectivity index (χ2n) is 5.99. The Bertz CT molecular complexity index is 209. The zero-order chi connectivity index (χ0) is 13.9. The van der Waals surface area contributed by atoms with Crippen LogP contribution in [0.1, 0.15) is 52.4 Å². The highest BCUT2D eigenvalue weighted by Crippen LogP contribution is 2.31. The molecule has 114 valence electrons. The normalized spacial score (nSPS) is 27.6. The molecule has 0 heterocycles. The van der Waals surface area contributed by atoms with Gasteiger partial charge in [0.25, 0.3) is 0 Å². The monoisotopic (exact) mass is 271 g/mol. The Morgan fingerprint density at radius 1 is 1.16 bits per heavy atom. The van der Waals surface area contributed by atoms with E-state index in [2.05, 4.69) is 19.2 Å². The molecule has 3 atom stereocenters.